The van der Waals surface area contributed by atoms with Gasteiger partial charge in [0.2, 0.25) is 0 Å². The van der Waals surface area contributed by atoms with Gasteiger partial charge in [0, 0.05) is 30.0 Å². The largest absolute Gasteiger partial charge is 0.345 e. The fourth-order valence-electron chi connectivity index (χ4n) is 2.84. The number of aryl methyl sites for hydroxylation is 1. The third kappa shape index (κ3) is 1.95. The van der Waals surface area contributed by atoms with Crippen LogP contribution in [0.4, 0.5) is 0 Å². The van der Waals surface area contributed by atoms with E-state index in [0.29, 0.717) is 0 Å². The highest BCUT2D eigenvalue weighted by Gasteiger charge is 2.28. The molecule has 1 amide bonds. The van der Waals surface area contributed by atoms with Gasteiger partial charge in [0.05, 0.1) is 6.04 Å². The van der Waals surface area contributed by atoms with Gasteiger partial charge >= 0.3 is 0 Å². The molecule has 3 nitrogen and oxygen atoms in total. The number of amides is 1. The summed E-state index contributed by atoms with van der Waals surface area (Å²) in [7, 11) is 0. The first-order chi connectivity index (χ1) is 9.18. The number of hydrogen-bond acceptors (Lipinski definition) is 1. The molecule has 0 saturated carbocycles. The second-order valence-electron chi connectivity index (χ2n) is 5.09. The Morgan fingerprint density at radius 2 is 1.84 bits per heavy atom. The van der Waals surface area contributed by atoms with E-state index in [4.69, 9.17) is 0 Å². The fourth-order valence-corrected chi connectivity index (χ4v) is 2.84. The van der Waals surface area contributed by atoms with Gasteiger partial charge in [-0.05, 0) is 38.1 Å². The molecular weight excluding hydrogens is 236 g/mol. The molecule has 0 fully saturated rings. The van der Waals surface area contributed by atoms with Crippen LogP contribution in [0, 0.1) is 6.92 Å². The van der Waals surface area contributed by atoms with Gasteiger partial charge in [0.1, 0.15) is 0 Å². The molecule has 1 aromatic heterocycles. The molecule has 2 heterocycles. The molecular formula is C16H18N2O. The van der Waals surface area contributed by atoms with E-state index in [1.165, 1.54) is 11.4 Å². The minimum absolute atomic E-state index is 0.123. The van der Waals surface area contributed by atoms with Gasteiger partial charge in [-0.3, -0.25) is 4.79 Å². The Balaban J connectivity index is 1.90. The van der Waals surface area contributed by atoms with Crippen molar-refractivity contribution in [2.24, 2.45) is 0 Å². The van der Waals surface area contributed by atoms with Gasteiger partial charge in [-0.25, -0.2) is 0 Å². The van der Waals surface area contributed by atoms with Crippen molar-refractivity contribution in [2.45, 2.75) is 26.4 Å². The van der Waals surface area contributed by atoms with Gasteiger partial charge in [-0.1, -0.05) is 18.2 Å². The number of benzene rings is 1. The summed E-state index contributed by atoms with van der Waals surface area (Å²) in [6.07, 6.45) is 0. The molecule has 1 aliphatic heterocycles. The van der Waals surface area contributed by atoms with E-state index in [0.717, 1.165) is 18.7 Å². The lowest BCUT2D eigenvalue weighted by Gasteiger charge is -2.35. The minimum atomic E-state index is 0.123. The molecule has 0 spiro atoms. The molecule has 1 aromatic carbocycles. The Morgan fingerprint density at radius 1 is 1.11 bits per heavy atom. The van der Waals surface area contributed by atoms with E-state index in [1.807, 2.05) is 35.2 Å². The third-order valence-electron chi connectivity index (χ3n) is 3.97. The third-order valence-corrected chi connectivity index (χ3v) is 3.97. The Kier molecular flexibility index (Phi) is 2.90. The zero-order chi connectivity index (χ0) is 13.4. The Bertz CT molecular complexity index is 600. The molecule has 0 saturated heterocycles. The van der Waals surface area contributed by atoms with Gasteiger partial charge < -0.3 is 9.47 Å². The second-order valence-corrected chi connectivity index (χ2v) is 5.09. The first-order valence-corrected chi connectivity index (χ1v) is 6.70. The van der Waals surface area contributed by atoms with E-state index in [2.05, 4.69) is 30.5 Å². The molecule has 1 aliphatic rings. The number of carbonyl (C=O) groups excluding carboxylic acids is 1. The van der Waals surface area contributed by atoms with Crippen molar-refractivity contribution in [1.82, 2.24) is 9.47 Å². The molecule has 0 N–H and O–H groups in total. The monoisotopic (exact) mass is 254 g/mol. The van der Waals surface area contributed by atoms with E-state index in [9.17, 15) is 4.79 Å². The maximum absolute atomic E-state index is 12.5. The van der Waals surface area contributed by atoms with E-state index in [1.54, 1.807) is 0 Å². The van der Waals surface area contributed by atoms with E-state index in [-0.39, 0.29) is 11.9 Å². The summed E-state index contributed by atoms with van der Waals surface area (Å²) in [6, 6.07) is 13.9. The van der Waals surface area contributed by atoms with Crippen LogP contribution in [-0.4, -0.2) is 21.9 Å². The number of carbonyl (C=O) groups is 1. The summed E-state index contributed by atoms with van der Waals surface area (Å²) < 4.78 is 2.30. The lowest BCUT2D eigenvalue weighted by atomic mass is 10.1. The number of hydrogen-bond donors (Lipinski definition) is 0. The number of aromatic nitrogens is 1. The first kappa shape index (κ1) is 12.0. The Labute approximate surface area is 113 Å². The van der Waals surface area contributed by atoms with Gasteiger partial charge in [-0.15, -0.1) is 0 Å². The van der Waals surface area contributed by atoms with E-state index >= 15 is 0 Å². The fraction of sp³-hybridized carbons (Fsp3) is 0.312. The van der Waals surface area contributed by atoms with E-state index < -0.39 is 0 Å². The molecule has 0 radical (unpaired) electrons. The predicted octanol–water partition coefficient (Wildman–Crippen LogP) is 3.01. The summed E-state index contributed by atoms with van der Waals surface area (Å²) in [5.41, 5.74) is 3.27. The van der Waals surface area contributed by atoms with Crippen LogP contribution in [0.1, 0.15) is 34.7 Å². The van der Waals surface area contributed by atoms with Crippen LogP contribution in [0.25, 0.3) is 0 Å². The van der Waals surface area contributed by atoms with Gasteiger partial charge in [0.25, 0.3) is 5.91 Å². The quantitative estimate of drug-likeness (QED) is 0.768. The minimum Gasteiger partial charge on any atom is -0.345 e. The summed E-state index contributed by atoms with van der Waals surface area (Å²) in [4.78, 5) is 14.5. The SMILES string of the molecule is Cc1ccc2n1CCN(C(=O)c1ccccc1)[C@@H]2C. The maximum Gasteiger partial charge on any atom is 0.254 e. The van der Waals surface area contributed by atoms with Crippen molar-refractivity contribution in [2.75, 3.05) is 6.54 Å². The summed E-state index contributed by atoms with van der Waals surface area (Å²) in [5.74, 6) is 0.123. The highest BCUT2D eigenvalue weighted by atomic mass is 16.2. The molecule has 0 bridgehead atoms. The number of rotatable bonds is 1. The molecule has 3 rings (SSSR count). The Morgan fingerprint density at radius 3 is 2.58 bits per heavy atom. The number of nitrogens with zero attached hydrogens (tertiary/aromatic N) is 2. The van der Waals surface area contributed by atoms with Crippen molar-refractivity contribution in [3.8, 4) is 0 Å². The molecule has 1 atom stereocenters. The zero-order valence-corrected chi connectivity index (χ0v) is 11.3. The molecule has 0 aliphatic carbocycles. The van der Waals surface area contributed by atoms with Gasteiger partial charge in [-0.2, -0.15) is 0 Å². The molecule has 98 valence electrons. The van der Waals surface area contributed by atoms with Crippen LogP contribution in [0.15, 0.2) is 42.5 Å². The highest BCUT2D eigenvalue weighted by Crippen LogP contribution is 2.28. The van der Waals surface area contributed by atoms with Crippen LogP contribution in [0.2, 0.25) is 0 Å². The van der Waals surface area contributed by atoms with Crippen molar-refractivity contribution in [1.29, 1.82) is 0 Å². The first-order valence-electron chi connectivity index (χ1n) is 6.70. The molecule has 19 heavy (non-hydrogen) atoms. The lowest BCUT2D eigenvalue weighted by molar-refractivity contribution is 0.0643. The predicted molar refractivity (Wildman–Crippen MR) is 75.1 cm³/mol. The van der Waals surface area contributed by atoms with Gasteiger partial charge in [0.15, 0.2) is 0 Å². The lowest BCUT2D eigenvalue weighted by Crippen LogP contribution is -2.41. The van der Waals surface area contributed by atoms with Crippen LogP contribution in [0.3, 0.4) is 0 Å². The van der Waals surface area contributed by atoms with Crippen molar-refractivity contribution in [3.05, 3.63) is 59.4 Å². The normalized spacial score (nSPS) is 18.2. The topological polar surface area (TPSA) is 25.2 Å². The summed E-state index contributed by atoms with van der Waals surface area (Å²) in [6.45, 7) is 5.88. The van der Waals surface area contributed by atoms with Crippen molar-refractivity contribution < 1.29 is 4.79 Å². The zero-order valence-electron chi connectivity index (χ0n) is 11.3. The highest BCUT2D eigenvalue weighted by molar-refractivity contribution is 5.94. The molecule has 2 aromatic rings. The summed E-state index contributed by atoms with van der Waals surface area (Å²) in [5, 5.41) is 0. The Hall–Kier alpha value is -2.03. The van der Waals surface area contributed by atoms with Crippen LogP contribution in [0.5, 0.6) is 0 Å². The second kappa shape index (κ2) is 4.57. The van der Waals surface area contributed by atoms with Crippen LogP contribution < -0.4 is 0 Å². The number of fused-ring (bicyclic) bond motifs is 1. The van der Waals surface area contributed by atoms with Crippen molar-refractivity contribution >= 4 is 5.91 Å². The maximum atomic E-state index is 12.5. The smallest absolute Gasteiger partial charge is 0.254 e. The summed E-state index contributed by atoms with van der Waals surface area (Å²) >= 11 is 0. The average Bonchev–Trinajstić information content (AvgIpc) is 2.82. The molecule has 3 heteroatoms. The van der Waals surface area contributed by atoms with Crippen LogP contribution in [-0.2, 0) is 6.54 Å². The molecule has 0 unspecified atom stereocenters. The standard InChI is InChI=1S/C16H18N2O/c1-12-8-9-15-13(2)18(11-10-17(12)15)16(19)14-6-4-3-5-7-14/h3-9,13H,10-11H2,1-2H3/t13-/m1/s1. The van der Waals surface area contributed by atoms with Crippen molar-refractivity contribution in [3.63, 3.8) is 0 Å². The average molecular weight is 254 g/mol. The van der Waals surface area contributed by atoms with Crippen LogP contribution >= 0.6 is 0 Å².